The molecule has 3 aromatic rings. The zero-order valence-corrected chi connectivity index (χ0v) is 14.4. The lowest BCUT2D eigenvalue weighted by Gasteiger charge is -2.08. The van der Waals surface area contributed by atoms with Gasteiger partial charge in [-0.3, -0.25) is 4.79 Å². The number of aryl methyl sites for hydroxylation is 1. The number of carbonyl (C=O) groups is 1. The van der Waals surface area contributed by atoms with E-state index in [2.05, 4.69) is 20.8 Å². The first-order valence-corrected chi connectivity index (χ1v) is 8.26. The van der Waals surface area contributed by atoms with E-state index in [9.17, 15) is 9.18 Å². The second-order valence-electron chi connectivity index (χ2n) is 5.89. The third-order valence-electron chi connectivity index (χ3n) is 3.98. The lowest BCUT2D eigenvalue weighted by Crippen LogP contribution is -2.24. The van der Waals surface area contributed by atoms with Gasteiger partial charge in [-0.05, 0) is 47.9 Å². The van der Waals surface area contributed by atoms with E-state index in [1.54, 1.807) is 24.3 Å². The van der Waals surface area contributed by atoms with Gasteiger partial charge in [0.2, 0.25) is 0 Å². The molecular weight excluding hydrogens is 331 g/mol. The molecule has 0 saturated carbocycles. The fraction of sp³-hybridized carbons (Fsp3) is 0.150. The van der Waals surface area contributed by atoms with E-state index in [-0.39, 0.29) is 17.4 Å². The standard InChI is InChI=1S/C20H19FN4O/c1-14-4-2-3-5-16(14)13-23-20(26)18-10-11-19(25-24-18)22-12-15-6-8-17(21)9-7-15/h2-11H,12-13H2,1H3,(H,22,25)(H,23,26). The van der Waals surface area contributed by atoms with E-state index in [1.807, 2.05) is 31.2 Å². The van der Waals surface area contributed by atoms with Gasteiger partial charge in [0.15, 0.2) is 5.69 Å². The number of hydrogen-bond donors (Lipinski definition) is 2. The fourth-order valence-electron chi connectivity index (χ4n) is 2.42. The highest BCUT2D eigenvalue weighted by Crippen LogP contribution is 2.09. The average molecular weight is 350 g/mol. The smallest absolute Gasteiger partial charge is 0.272 e. The van der Waals surface area contributed by atoms with Gasteiger partial charge in [-0.2, -0.15) is 0 Å². The first-order chi connectivity index (χ1) is 12.6. The largest absolute Gasteiger partial charge is 0.365 e. The van der Waals surface area contributed by atoms with Crippen LogP contribution in [0, 0.1) is 12.7 Å². The summed E-state index contributed by atoms with van der Waals surface area (Å²) >= 11 is 0. The van der Waals surface area contributed by atoms with Gasteiger partial charge in [0, 0.05) is 13.1 Å². The third-order valence-corrected chi connectivity index (χ3v) is 3.98. The topological polar surface area (TPSA) is 66.9 Å². The molecule has 0 bridgehead atoms. The molecule has 0 aliphatic carbocycles. The van der Waals surface area contributed by atoms with Gasteiger partial charge in [-0.25, -0.2) is 4.39 Å². The molecule has 6 heteroatoms. The van der Waals surface area contributed by atoms with E-state index in [0.29, 0.717) is 18.9 Å². The van der Waals surface area contributed by atoms with Crippen LogP contribution in [-0.4, -0.2) is 16.1 Å². The Hall–Kier alpha value is -3.28. The summed E-state index contributed by atoms with van der Waals surface area (Å²) in [4.78, 5) is 12.2. The molecule has 0 saturated heterocycles. The normalized spacial score (nSPS) is 10.4. The first kappa shape index (κ1) is 17.5. The van der Waals surface area contributed by atoms with E-state index in [0.717, 1.165) is 16.7 Å². The Balaban J connectivity index is 1.54. The van der Waals surface area contributed by atoms with Crippen molar-refractivity contribution < 1.29 is 9.18 Å². The Bertz CT molecular complexity index is 879. The van der Waals surface area contributed by atoms with Crippen LogP contribution < -0.4 is 10.6 Å². The molecule has 2 N–H and O–H groups in total. The molecule has 1 aromatic heterocycles. The van der Waals surface area contributed by atoms with Crippen LogP contribution in [0.1, 0.15) is 27.2 Å². The highest BCUT2D eigenvalue weighted by molar-refractivity contribution is 5.92. The van der Waals surface area contributed by atoms with Crippen molar-refractivity contribution >= 4 is 11.7 Å². The third kappa shape index (κ3) is 4.63. The van der Waals surface area contributed by atoms with E-state index in [4.69, 9.17) is 0 Å². The minimum Gasteiger partial charge on any atom is -0.365 e. The van der Waals surface area contributed by atoms with Crippen molar-refractivity contribution in [2.45, 2.75) is 20.0 Å². The van der Waals surface area contributed by atoms with Gasteiger partial charge in [0.25, 0.3) is 5.91 Å². The number of rotatable bonds is 6. The number of aromatic nitrogens is 2. The second kappa shape index (κ2) is 8.20. The molecule has 1 amide bonds. The molecule has 26 heavy (non-hydrogen) atoms. The van der Waals surface area contributed by atoms with Crippen LogP contribution in [0.3, 0.4) is 0 Å². The molecule has 132 valence electrons. The Kier molecular flexibility index (Phi) is 5.53. The van der Waals surface area contributed by atoms with Crippen LogP contribution in [-0.2, 0) is 13.1 Å². The molecule has 2 aromatic carbocycles. The second-order valence-corrected chi connectivity index (χ2v) is 5.89. The predicted octanol–water partition coefficient (Wildman–Crippen LogP) is 3.47. The molecule has 0 unspecified atom stereocenters. The summed E-state index contributed by atoms with van der Waals surface area (Å²) in [6.07, 6.45) is 0. The monoisotopic (exact) mass is 350 g/mol. The highest BCUT2D eigenvalue weighted by Gasteiger charge is 2.08. The van der Waals surface area contributed by atoms with Crippen molar-refractivity contribution in [1.29, 1.82) is 0 Å². The Morgan fingerprint density at radius 3 is 2.42 bits per heavy atom. The quantitative estimate of drug-likeness (QED) is 0.714. The molecule has 5 nitrogen and oxygen atoms in total. The number of nitrogens with one attached hydrogen (secondary N) is 2. The Labute approximate surface area is 151 Å². The zero-order chi connectivity index (χ0) is 18.4. The fourth-order valence-corrected chi connectivity index (χ4v) is 2.42. The van der Waals surface area contributed by atoms with Gasteiger partial charge < -0.3 is 10.6 Å². The lowest BCUT2D eigenvalue weighted by atomic mass is 10.1. The van der Waals surface area contributed by atoms with Crippen LogP contribution in [0.5, 0.6) is 0 Å². The van der Waals surface area contributed by atoms with Gasteiger partial charge in [-0.15, -0.1) is 10.2 Å². The summed E-state index contributed by atoms with van der Waals surface area (Å²) in [5, 5.41) is 13.9. The van der Waals surface area contributed by atoms with Gasteiger partial charge in [-0.1, -0.05) is 36.4 Å². The molecular formula is C20H19FN4O. The molecule has 0 radical (unpaired) electrons. The number of anilines is 1. The molecule has 0 fully saturated rings. The van der Waals surface area contributed by atoms with Crippen LogP contribution >= 0.6 is 0 Å². The first-order valence-electron chi connectivity index (χ1n) is 8.26. The molecule has 0 aliphatic heterocycles. The highest BCUT2D eigenvalue weighted by atomic mass is 19.1. The van der Waals surface area contributed by atoms with Crippen molar-refractivity contribution in [3.05, 3.63) is 88.9 Å². The van der Waals surface area contributed by atoms with Gasteiger partial charge in [0.1, 0.15) is 11.6 Å². The maximum absolute atomic E-state index is 12.9. The van der Waals surface area contributed by atoms with Crippen molar-refractivity contribution in [2.75, 3.05) is 5.32 Å². The molecule has 0 spiro atoms. The number of benzene rings is 2. The van der Waals surface area contributed by atoms with Crippen molar-refractivity contribution in [2.24, 2.45) is 0 Å². The minimum absolute atomic E-state index is 0.255. The van der Waals surface area contributed by atoms with Crippen LogP contribution in [0.15, 0.2) is 60.7 Å². The van der Waals surface area contributed by atoms with E-state index < -0.39 is 0 Å². The van der Waals surface area contributed by atoms with E-state index >= 15 is 0 Å². The molecule has 0 atom stereocenters. The summed E-state index contributed by atoms with van der Waals surface area (Å²) < 4.78 is 12.9. The number of amides is 1. The van der Waals surface area contributed by atoms with Crippen LogP contribution in [0.25, 0.3) is 0 Å². The molecule has 3 rings (SSSR count). The van der Waals surface area contributed by atoms with Gasteiger partial charge in [0.05, 0.1) is 0 Å². The SMILES string of the molecule is Cc1ccccc1CNC(=O)c1ccc(NCc2ccc(F)cc2)nn1. The summed E-state index contributed by atoms with van der Waals surface area (Å²) in [6.45, 7) is 2.94. The van der Waals surface area contributed by atoms with Crippen LogP contribution in [0.4, 0.5) is 10.2 Å². The number of hydrogen-bond acceptors (Lipinski definition) is 4. The zero-order valence-electron chi connectivity index (χ0n) is 14.4. The summed E-state index contributed by atoms with van der Waals surface area (Å²) in [7, 11) is 0. The van der Waals surface area contributed by atoms with E-state index in [1.165, 1.54) is 12.1 Å². The Morgan fingerprint density at radius 1 is 0.962 bits per heavy atom. The Morgan fingerprint density at radius 2 is 1.73 bits per heavy atom. The average Bonchev–Trinajstić information content (AvgIpc) is 2.67. The van der Waals surface area contributed by atoms with Crippen molar-refractivity contribution in [3.8, 4) is 0 Å². The number of halogens is 1. The van der Waals surface area contributed by atoms with Crippen LogP contribution in [0.2, 0.25) is 0 Å². The maximum atomic E-state index is 12.9. The molecule has 1 heterocycles. The lowest BCUT2D eigenvalue weighted by molar-refractivity contribution is 0.0945. The van der Waals surface area contributed by atoms with Gasteiger partial charge >= 0.3 is 0 Å². The summed E-state index contributed by atoms with van der Waals surface area (Å²) in [6, 6.07) is 17.4. The van der Waals surface area contributed by atoms with Crippen molar-refractivity contribution in [1.82, 2.24) is 15.5 Å². The van der Waals surface area contributed by atoms with Crippen molar-refractivity contribution in [3.63, 3.8) is 0 Å². The minimum atomic E-state index is -0.272. The maximum Gasteiger partial charge on any atom is 0.272 e. The summed E-state index contributed by atoms with van der Waals surface area (Å²) in [5.74, 6) is 0.00483. The number of nitrogens with zero attached hydrogens (tertiary/aromatic N) is 2. The predicted molar refractivity (Wildman–Crippen MR) is 98.1 cm³/mol. The molecule has 0 aliphatic rings. The number of carbonyl (C=O) groups excluding carboxylic acids is 1. The summed E-state index contributed by atoms with van der Waals surface area (Å²) in [5.41, 5.74) is 3.37.